The van der Waals surface area contributed by atoms with Crippen molar-refractivity contribution in [1.29, 1.82) is 0 Å². The Morgan fingerprint density at radius 2 is 1.80 bits per heavy atom. The Balaban J connectivity index is 1.79. The summed E-state index contributed by atoms with van der Waals surface area (Å²) in [5.41, 5.74) is 8.43. The zero-order valence-corrected chi connectivity index (χ0v) is 12.2. The lowest BCUT2D eigenvalue weighted by Crippen LogP contribution is -2.29. The van der Waals surface area contributed by atoms with Gasteiger partial charge in [-0.05, 0) is 60.1 Å². The first kappa shape index (κ1) is 13.6. The number of aryl methyl sites for hydroxylation is 2. The maximum atomic E-state index is 5.93. The van der Waals surface area contributed by atoms with Crippen molar-refractivity contribution < 1.29 is 0 Å². The summed E-state index contributed by atoms with van der Waals surface area (Å²) in [4.78, 5) is 0. The van der Waals surface area contributed by atoms with E-state index in [-0.39, 0.29) is 6.04 Å². The highest BCUT2D eigenvalue weighted by Gasteiger charge is 2.14. The lowest BCUT2D eigenvalue weighted by atomic mass is 9.97. The summed E-state index contributed by atoms with van der Waals surface area (Å²) >= 11 is 5.93. The first-order chi connectivity index (χ1) is 9.76. The van der Waals surface area contributed by atoms with E-state index in [2.05, 4.69) is 23.6 Å². The van der Waals surface area contributed by atoms with Crippen LogP contribution >= 0.6 is 11.6 Å². The first-order valence-electron chi connectivity index (χ1n) is 7.08. The summed E-state index contributed by atoms with van der Waals surface area (Å²) in [6, 6.07) is 14.8. The number of halogens is 1. The molecule has 104 valence electrons. The number of hydrogen-bond acceptors (Lipinski definition) is 2. The molecular formula is C17H19ClN2. The number of hydrazine groups is 1. The van der Waals surface area contributed by atoms with Gasteiger partial charge in [-0.1, -0.05) is 41.9 Å². The van der Waals surface area contributed by atoms with E-state index in [1.165, 1.54) is 36.0 Å². The molecule has 0 spiro atoms. The van der Waals surface area contributed by atoms with E-state index in [0.29, 0.717) is 0 Å². The van der Waals surface area contributed by atoms with Crippen LogP contribution in [0.3, 0.4) is 0 Å². The van der Waals surface area contributed by atoms with Gasteiger partial charge in [-0.25, -0.2) is 0 Å². The standard InChI is InChI=1S/C17H19ClN2/c18-16-8-6-14(7-9-16)17(20-19)11-12-4-5-13-2-1-3-15(13)10-12/h4-10,17,20H,1-3,11,19H2. The molecule has 3 heteroatoms. The van der Waals surface area contributed by atoms with Crippen molar-refractivity contribution in [3.8, 4) is 0 Å². The highest BCUT2D eigenvalue weighted by molar-refractivity contribution is 6.30. The van der Waals surface area contributed by atoms with Crippen LogP contribution in [0.15, 0.2) is 42.5 Å². The zero-order valence-electron chi connectivity index (χ0n) is 11.4. The van der Waals surface area contributed by atoms with E-state index < -0.39 is 0 Å². The molecule has 3 N–H and O–H groups in total. The van der Waals surface area contributed by atoms with Gasteiger partial charge in [0.15, 0.2) is 0 Å². The third-order valence-corrected chi connectivity index (χ3v) is 4.33. The molecule has 1 atom stereocenters. The second-order valence-corrected chi connectivity index (χ2v) is 5.87. The third kappa shape index (κ3) is 2.88. The van der Waals surface area contributed by atoms with Crippen molar-refractivity contribution in [2.75, 3.05) is 0 Å². The van der Waals surface area contributed by atoms with Crippen molar-refractivity contribution in [2.45, 2.75) is 31.7 Å². The molecule has 0 fully saturated rings. The quantitative estimate of drug-likeness (QED) is 0.666. The van der Waals surface area contributed by atoms with Gasteiger partial charge >= 0.3 is 0 Å². The van der Waals surface area contributed by atoms with Crippen LogP contribution in [0.25, 0.3) is 0 Å². The second-order valence-electron chi connectivity index (χ2n) is 5.43. The molecule has 0 saturated heterocycles. The van der Waals surface area contributed by atoms with Crippen molar-refractivity contribution in [2.24, 2.45) is 5.84 Å². The number of benzene rings is 2. The van der Waals surface area contributed by atoms with E-state index in [4.69, 9.17) is 17.4 Å². The molecular weight excluding hydrogens is 268 g/mol. The Labute approximate surface area is 124 Å². The molecule has 0 aliphatic heterocycles. The van der Waals surface area contributed by atoms with Gasteiger partial charge in [0.1, 0.15) is 0 Å². The smallest absolute Gasteiger partial charge is 0.0500 e. The van der Waals surface area contributed by atoms with E-state index in [0.717, 1.165) is 17.0 Å². The largest absolute Gasteiger partial charge is 0.271 e. The number of hydrogen-bond donors (Lipinski definition) is 2. The molecule has 0 bridgehead atoms. The lowest BCUT2D eigenvalue weighted by molar-refractivity contribution is 0.552. The SMILES string of the molecule is NNC(Cc1ccc2c(c1)CCC2)c1ccc(Cl)cc1. The van der Waals surface area contributed by atoms with Gasteiger partial charge in [-0.3, -0.25) is 11.3 Å². The molecule has 0 aromatic heterocycles. The van der Waals surface area contributed by atoms with Crippen LogP contribution < -0.4 is 11.3 Å². The maximum Gasteiger partial charge on any atom is 0.0500 e. The average Bonchev–Trinajstić information content (AvgIpc) is 2.93. The molecule has 1 aliphatic carbocycles. The molecule has 2 aromatic rings. The molecule has 0 amide bonds. The average molecular weight is 287 g/mol. The summed E-state index contributed by atoms with van der Waals surface area (Å²) in [5, 5.41) is 0.752. The maximum absolute atomic E-state index is 5.93. The van der Waals surface area contributed by atoms with E-state index in [1.807, 2.05) is 24.3 Å². The minimum Gasteiger partial charge on any atom is -0.271 e. The third-order valence-electron chi connectivity index (χ3n) is 4.08. The van der Waals surface area contributed by atoms with Crippen LogP contribution in [0, 0.1) is 0 Å². The molecule has 1 aliphatic rings. The van der Waals surface area contributed by atoms with Crippen molar-refractivity contribution in [3.05, 3.63) is 69.7 Å². The molecule has 2 aromatic carbocycles. The minimum atomic E-state index is 0.117. The predicted octanol–water partition coefficient (Wildman–Crippen LogP) is 3.58. The predicted molar refractivity (Wildman–Crippen MR) is 83.7 cm³/mol. The van der Waals surface area contributed by atoms with Gasteiger partial charge in [-0.2, -0.15) is 0 Å². The minimum absolute atomic E-state index is 0.117. The van der Waals surface area contributed by atoms with Crippen molar-refractivity contribution in [1.82, 2.24) is 5.43 Å². The topological polar surface area (TPSA) is 38.0 Å². The van der Waals surface area contributed by atoms with Crippen LogP contribution in [0.4, 0.5) is 0 Å². The van der Waals surface area contributed by atoms with E-state index in [9.17, 15) is 0 Å². The fourth-order valence-corrected chi connectivity index (χ4v) is 3.08. The first-order valence-corrected chi connectivity index (χ1v) is 7.46. The normalized spacial score (nSPS) is 15.1. The molecule has 3 rings (SSSR count). The van der Waals surface area contributed by atoms with Crippen LogP contribution in [-0.2, 0) is 19.3 Å². The number of nitrogens with two attached hydrogens (primary N) is 1. The second kappa shape index (κ2) is 5.96. The van der Waals surface area contributed by atoms with E-state index in [1.54, 1.807) is 0 Å². The Hall–Kier alpha value is -1.35. The Kier molecular flexibility index (Phi) is 4.06. The summed E-state index contributed by atoms with van der Waals surface area (Å²) in [5.74, 6) is 5.72. The molecule has 0 saturated carbocycles. The number of rotatable bonds is 4. The molecule has 2 nitrogen and oxygen atoms in total. The summed E-state index contributed by atoms with van der Waals surface area (Å²) < 4.78 is 0. The molecule has 20 heavy (non-hydrogen) atoms. The van der Waals surface area contributed by atoms with Gasteiger partial charge in [0.05, 0.1) is 0 Å². The van der Waals surface area contributed by atoms with Gasteiger partial charge in [0, 0.05) is 11.1 Å². The van der Waals surface area contributed by atoms with Crippen LogP contribution in [0.5, 0.6) is 0 Å². The Morgan fingerprint density at radius 3 is 2.55 bits per heavy atom. The summed E-state index contributed by atoms with van der Waals surface area (Å²) in [7, 11) is 0. The number of nitrogens with one attached hydrogen (secondary N) is 1. The highest BCUT2D eigenvalue weighted by atomic mass is 35.5. The fraction of sp³-hybridized carbons (Fsp3) is 0.294. The van der Waals surface area contributed by atoms with Gasteiger partial charge < -0.3 is 0 Å². The Bertz CT molecular complexity index is 592. The molecule has 0 radical (unpaired) electrons. The van der Waals surface area contributed by atoms with Crippen LogP contribution in [-0.4, -0.2) is 0 Å². The zero-order chi connectivity index (χ0) is 13.9. The Morgan fingerprint density at radius 1 is 1.05 bits per heavy atom. The molecule has 1 unspecified atom stereocenters. The van der Waals surface area contributed by atoms with E-state index >= 15 is 0 Å². The van der Waals surface area contributed by atoms with Crippen LogP contribution in [0.1, 0.15) is 34.7 Å². The van der Waals surface area contributed by atoms with Gasteiger partial charge in [0.25, 0.3) is 0 Å². The summed E-state index contributed by atoms with van der Waals surface area (Å²) in [6.45, 7) is 0. The highest BCUT2D eigenvalue weighted by Crippen LogP contribution is 2.25. The summed E-state index contributed by atoms with van der Waals surface area (Å²) in [6.07, 6.45) is 4.62. The van der Waals surface area contributed by atoms with Crippen molar-refractivity contribution in [3.63, 3.8) is 0 Å². The van der Waals surface area contributed by atoms with Gasteiger partial charge in [-0.15, -0.1) is 0 Å². The lowest BCUT2D eigenvalue weighted by Gasteiger charge is -2.17. The van der Waals surface area contributed by atoms with Gasteiger partial charge in [0.2, 0.25) is 0 Å². The number of fused-ring (bicyclic) bond motifs is 1. The fourth-order valence-electron chi connectivity index (χ4n) is 2.96. The monoisotopic (exact) mass is 286 g/mol. The van der Waals surface area contributed by atoms with Crippen molar-refractivity contribution >= 4 is 11.6 Å². The van der Waals surface area contributed by atoms with Crippen LogP contribution in [0.2, 0.25) is 5.02 Å². The molecule has 0 heterocycles.